The molecule has 0 radical (unpaired) electrons. The quantitative estimate of drug-likeness (QED) is 0.691. The van der Waals surface area contributed by atoms with Crippen molar-refractivity contribution in [3.8, 4) is 5.75 Å². The van der Waals surface area contributed by atoms with Crippen molar-refractivity contribution in [3.63, 3.8) is 0 Å². The number of methoxy groups -OCH3 is 1. The van der Waals surface area contributed by atoms with Gasteiger partial charge in [0.1, 0.15) is 14.4 Å². The third-order valence-electron chi connectivity index (χ3n) is 4.26. The van der Waals surface area contributed by atoms with Crippen LogP contribution < -0.4 is 10.1 Å². The first-order valence-electron chi connectivity index (χ1n) is 8.30. The molecule has 2 aliphatic heterocycles. The topological polar surface area (TPSA) is 79.0 Å². The molecule has 11 heteroatoms. The van der Waals surface area contributed by atoms with Crippen LogP contribution in [0.25, 0.3) is 0 Å². The molecule has 0 atom stereocenters. The standard InChI is InChI=1S/C17H17N3O4S4/c1-18-13(21)9-7-10(14(22)19-3-5-27-16(19)25)12(24-2)11(8-9)15(23)20-4-6-28-17(20)26/h7-8H,3-6H2,1-2H3,(H,18,21). The summed E-state index contributed by atoms with van der Waals surface area (Å²) in [6.45, 7) is 0.928. The normalized spacial score (nSPS) is 16.5. The van der Waals surface area contributed by atoms with Crippen molar-refractivity contribution in [2.24, 2.45) is 0 Å². The maximum atomic E-state index is 13.1. The Kier molecular flexibility index (Phi) is 6.58. The minimum absolute atomic E-state index is 0.113. The van der Waals surface area contributed by atoms with Crippen LogP contribution in [0.3, 0.4) is 0 Å². The number of carbonyl (C=O) groups excluding carboxylic acids is 3. The molecule has 7 nitrogen and oxygen atoms in total. The van der Waals surface area contributed by atoms with E-state index in [0.717, 1.165) is 0 Å². The zero-order valence-electron chi connectivity index (χ0n) is 15.1. The van der Waals surface area contributed by atoms with Crippen molar-refractivity contribution in [2.45, 2.75) is 0 Å². The number of carbonyl (C=O) groups is 3. The van der Waals surface area contributed by atoms with Gasteiger partial charge in [0.25, 0.3) is 17.7 Å². The second-order valence-corrected chi connectivity index (χ2v) is 9.28. The average molecular weight is 456 g/mol. The van der Waals surface area contributed by atoms with E-state index in [2.05, 4.69) is 5.32 Å². The fourth-order valence-corrected chi connectivity index (χ4v) is 5.29. The lowest BCUT2D eigenvalue weighted by Crippen LogP contribution is -2.34. The van der Waals surface area contributed by atoms with E-state index in [9.17, 15) is 14.4 Å². The fourth-order valence-electron chi connectivity index (χ4n) is 2.89. The molecular formula is C17H17N3O4S4. The van der Waals surface area contributed by atoms with Crippen LogP contribution in [0.1, 0.15) is 31.1 Å². The summed E-state index contributed by atoms with van der Waals surface area (Å²) in [5.41, 5.74) is 0.426. The highest BCUT2D eigenvalue weighted by atomic mass is 32.2. The highest BCUT2D eigenvalue weighted by Crippen LogP contribution is 2.32. The predicted molar refractivity (Wildman–Crippen MR) is 119 cm³/mol. The van der Waals surface area contributed by atoms with Crippen LogP contribution in [-0.2, 0) is 0 Å². The second kappa shape index (κ2) is 8.76. The van der Waals surface area contributed by atoms with Gasteiger partial charge in [0, 0.05) is 37.2 Å². The summed E-state index contributed by atoms with van der Waals surface area (Å²) in [7, 11) is 2.87. The van der Waals surface area contributed by atoms with E-state index in [4.69, 9.17) is 29.2 Å². The van der Waals surface area contributed by atoms with Crippen molar-refractivity contribution in [2.75, 3.05) is 38.8 Å². The van der Waals surface area contributed by atoms with Gasteiger partial charge in [-0.3, -0.25) is 24.2 Å². The number of rotatable bonds is 4. The largest absolute Gasteiger partial charge is 0.495 e. The Hall–Kier alpha value is -1.69. The van der Waals surface area contributed by atoms with Gasteiger partial charge in [-0.15, -0.1) is 0 Å². The summed E-state index contributed by atoms with van der Waals surface area (Å²) in [6, 6.07) is 2.86. The summed E-state index contributed by atoms with van der Waals surface area (Å²) >= 11 is 13.3. The van der Waals surface area contributed by atoms with E-state index >= 15 is 0 Å². The third kappa shape index (κ3) is 3.88. The smallest absolute Gasteiger partial charge is 0.263 e. The molecule has 2 heterocycles. The van der Waals surface area contributed by atoms with Gasteiger partial charge in [-0.2, -0.15) is 0 Å². The summed E-state index contributed by atoms with van der Waals surface area (Å²) < 4.78 is 6.37. The molecule has 0 unspecified atom stereocenters. The lowest BCUT2D eigenvalue weighted by molar-refractivity contribution is 0.0855. The van der Waals surface area contributed by atoms with Crippen LogP contribution >= 0.6 is 48.0 Å². The zero-order valence-corrected chi connectivity index (χ0v) is 18.4. The number of benzene rings is 1. The first kappa shape index (κ1) is 21.0. The molecule has 3 amide bonds. The summed E-state index contributed by atoms with van der Waals surface area (Å²) in [4.78, 5) is 41.4. The Bertz CT molecular complexity index is 830. The van der Waals surface area contributed by atoms with Crippen molar-refractivity contribution in [3.05, 3.63) is 28.8 Å². The maximum Gasteiger partial charge on any atom is 0.263 e. The van der Waals surface area contributed by atoms with Crippen molar-refractivity contribution in [1.82, 2.24) is 15.1 Å². The molecule has 3 rings (SSSR count). The van der Waals surface area contributed by atoms with Gasteiger partial charge in [-0.05, 0) is 12.1 Å². The van der Waals surface area contributed by atoms with Crippen LogP contribution in [0.5, 0.6) is 5.75 Å². The Balaban J connectivity index is 2.13. The molecule has 0 spiro atoms. The molecule has 2 aliphatic rings. The van der Waals surface area contributed by atoms with Crippen LogP contribution in [0.2, 0.25) is 0 Å². The van der Waals surface area contributed by atoms with E-state index in [-0.39, 0.29) is 22.4 Å². The number of thiocarbonyl (C=S) groups is 2. The van der Waals surface area contributed by atoms with E-state index in [1.807, 2.05) is 0 Å². The Morgan fingerprint density at radius 2 is 1.46 bits per heavy atom. The number of thioether (sulfide) groups is 2. The minimum Gasteiger partial charge on any atom is -0.495 e. The molecule has 1 aromatic rings. The molecule has 28 heavy (non-hydrogen) atoms. The molecule has 1 aromatic carbocycles. The molecular weight excluding hydrogens is 438 g/mol. The first-order chi connectivity index (χ1) is 13.4. The molecule has 0 saturated carbocycles. The van der Waals surface area contributed by atoms with Gasteiger partial charge >= 0.3 is 0 Å². The van der Waals surface area contributed by atoms with E-state index in [0.29, 0.717) is 33.2 Å². The molecule has 2 fully saturated rings. The molecule has 0 bridgehead atoms. The zero-order chi connectivity index (χ0) is 20.4. The molecule has 1 N–H and O–H groups in total. The summed E-state index contributed by atoms with van der Waals surface area (Å²) in [6.07, 6.45) is 0. The van der Waals surface area contributed by atoms with E-state index < -0.39 is 17.7 Å². The molecule has 2 saturated heterocycles. The fraction of sp³-hybridized carbons (Fsp3) is 0.353. The highest BCUT2D eigenvalue weighted by molar-refractivity contribution is 8.23. The van der Waals surface area contributed by atoms with Crippen molar-refractivity contribution < 1.29 is 19.1 Å². The first-order valence-corrected chi connectivity index (χ1v) is 11.1. The number of ether oxygens (including phenoxy) is 1. The van der Waals surface area contributed by atoms with Crippen LogP contribution in [0, 0.1) is 0 Å². The lowest BCUT2D eigenvalue weighted by Gasteiger charge is -2.21. The van der Waals surface area contributed by atoms with Crippen molar-refractivity contribution in [1.29, 1.82) is 0 Å². The number of amides is 3. The second-order valence-electron chi connectivity index (χ2n) is 5.83. The van der Waals surface area contributed by atoms with Gasteiger partial charge in [0.2, 0.25) is 0 Å². The minimum atomic E-state index is -0.414. The number of nitrogens with one attached hydrogen (secondary N) is 1. The Morgan fingerprint density at radius 3 is 1.79 bits per heavy atom. The summed E-state index contributed by atoms with van der Waals surface area (Å²) in [5, 5.41) is 2.52. The van der Waals surface area contributed by atoms with Crippen molar-refractivity contribution >= 4 is 74.3 Å². The monoisotopic (exact) mass is 455 g/mol. The highest BCUT2D eigenvalue weighted by Gasteiger charge is 2.33. The van der Waals surface area contributed by atoms with Gasteiger partial charge in [0.05, 0.1) is 18.2 Å². The number of nitrogens with zero attached hydrogens (tertiary/aromatic N) is 2. The SMILES string of the molecule is CNC(=O)c1cc(C(=O)N2CCSC2=S)c(OC)c(C(=O)N2CCSC2=S)c1. The van der Waals surface area contributed by atoms with Crippen LogP contribution in [0.15, 0.2) is 12.1 Å². The molecule has 148 valence electrons. The molecule has 0 aliphatic carbocycles. The van der Waals surface area contributed by atoms with Crippen LogP contribution in [0.4, 0.5) is 0 Å². The van der Waals surface area contributed by atoms with E-state index in [1.165, 1.54) is 59.6 Å². The number of hydrogen-bond donors (Lipinski definition) is 1. The van der Waals surface area contributed by atoms with Gasteiger partial charge in [0.15, 0.2) is 0 Å². The summed E-state index contributed by atoms with van der Waals surface area (Å²) in [5.74, 6) is 0.305. The van der Waals surface area contributed by atoms with Gasteiger partial charge in [-0.1, -0.05) is 48.0 Å². The predicted octanol–water partition coefficient (Wildman–Crippen LogP) is 2.00. The third-order valence-corrected chi connectivity index (χ3v) is 7.11. The van der Waals surface area contributed by atoms with Crippen LogP contribution in [-0.4, -0.2) is 74.9 Å². The number of hydrogen-bond acceptors (Lipinski definition) is 8. The average Bonchev–Trinajstić information content (AvgIpc) is 3.33. The lowest BCUT2D eigenvalue weighted by atomic mass is 10.0. The van der Waals surface area contributed by atoms with E-state index in [1.54, 1.807) is 0 Å². The Morgan fingerprint density at radius 1 is 1.00 bits per heavy atom. The molecule has 0 aromatic heterocycles. The van der Waals surface area contributed by atoms with Gasteiger partial charge in [-0.25, -0.2) is 0 Å². The maximum absolute atomic E-state index is 13.1. The van der Waals surface area contributed by atoms with Gasteiger partial charge < -0.3 is 10.1 Å². The Labute approximate surface area is 181 Å².